The quantitative estimate of drug-likeness (QED) is 0.396. The normalized spacial score (nSPS) is 10.8. The van der Waals surface area contributed by atoms with E-state index in [9.17, 15) is 4.79 Å². The largest absolute Gasteiger partial charge is 0.497 e. The van der Waals surface area contributed by atoms with Crippen LogP contribution in [0.4, 0.5) is 5.13 Å². The molecule has 0 fully saturated rings. The number of para-hydroxylation sites is 1. The number of anilines is 1. The zero-order chi connectivity index (χ0) is 21.6. The van der Waals surface area contributed by atoms with Crippen LogP contribution in [0.15, 0.2) is 66.9 Å². The lowest BCUT2D eigenvalue weighted by atomic mass is 10.1. The predicted molar refractivity (Wildman–Crippen MR) is 123 cm³/mol. The Kier molecular flexibility index (Phi) is 6.43. The van der Waals surface area contributed by atoms with E-state index in [1.807, 2.05) is 67.6 Å². The average molecular weight is 434 g/mol. The van der Waals surface area contributed by atoms with Gasteiger partial charge in [-0.25, -0.2) is 4.98 Å². The molecule has 4 aromatic rings. The summed E-state index contributed by atoms with van der Waals surface area (Å²) in [7, 11) is 1.62. The average Bonchev–Trinajstić information content (AvgIpc) is 3.24. The molecule has 0 spiro atoms. The van der Waals surface area contributed by atoms with E-state index in [1.165, 1.54) is 11.3 Å². The van der Waals surface area contributed by atoms with Gasteiger partial charge in [0.15, 0.2) is 5.13 Å². The molecule has 2 aromatic carbocycles. The Morgan fingerprint density at radius 2 is 1.90 bits per heavy atom. The first-order valence-electron chi connectivity index (χ1n) is 10.0. The summed E-state index contributed by atoms with van der Waals surface area (Å²) in [5.41, 5.74) is 2.48. The van der Waals surface area contributed by atoms with Crippen molar-refractivity contribution in [2.45, 2.75) is 19.9 Å². The van der Waals surface area contributed by atoms with E-state index in [4.69, 9.17) is 14.5 Å². The first-order chi connectivity index (χ1) is 15.2. The van der Waals surface area contributed by atoms with Crippen molar-refractivity contribution in [3.8, 4) is 11.5 Å². The summed E-state index contributed by atoms with van der Waals surface area (Å²) in [6, 6.07) is 19.0. The van der Waals surface area contributed by atoms with Crippen LogP contribution < -0.4 is 14.4 Å². The molecule has 0 radical (unpaired) electrons. The second-order valence-electron chi connectivity index (χ2n) is 6.86. The lowest BCUT2D eigenvalue weighted by Gasteiger charge is -2.19. The molecule has 0 bridgehead atoms. The first-order valence-corrected chi connectivity index (χ1v) is 10.8. The minimum atomic E-state index is -0.0483. The first kappa shape index (κ1) is 20.8. The lowest BCUT2D eigenvalue weighted by molar-refractivity contribution is -0.118. The number of methoxy groups -OCH3 is 1. The van der Waals surface area contributed by atoms with Crippen LogP contribution in [0.5, 0.6) is 11.5 Å². The summed E-state index contributed by atoms with van der Waals surface area (Å²) in [4.78, 5) is 24.2. The van der Waals surface area contributed by atoms with Gasteiger partial charge in [-0.3, -0.25) is 14.7 Å². The SMILES string of the molecule is CCOc1cccc2sc(N(Cc3ccccn3)C(=O)Cc3ccc(OC)cc3)nc12. The Bertz CT molecular complexity index is 1160. The fraction of sp³-hybridized carbons (Fsp3) is 0.208. The molecule has 0 N–H and O–H groups in total. The number of hydrogen-bond acceptors (Lipinski definition) is 6. The summed E-state index contributed by atoms with van der Waals surface area (Å²) < 4.78 is 11.9. The zero-order valence-electron chi connectivity index (χ0n) is 17.4. The Hall–Kier alpha value is -3.45. The monoisotopic (exact) mass is 433 g/mol. The number of benzene rings is 2. The van der Waals surface area contributed by atoms with Crippen LogP contribution in [0.25, 0.3) is 10.2 Å². The van der Waals surface area contributed by atoms with E-state index in [0.717, 1.165) is 33.0 Å². The van der Waals surface area contributed by atoms with Gasteiger partial charge in [0.2, 0.25) is 5.91 Å². The van der Waals surface area contributed by atoms with Gasteiger partial charge in [0.05, 0.1) is 37.1 Å². The van der Waals surface area contributed by atoms with E-state index in [2.05, 4.69) is 4.98 Å². The van der Waals surface area contributed by atoms with Crippen molar-refractivity contribution in [3.05, 3.63) is 78.1 Å². The molecular weight excluding hydrogens is 410 g/mol. The topological polar surface area (TPSA) is 64.5 Å². The van der Waals surface area contributed by atoms with Crippen LogP contribution in [0, 0.1) is 0 Å². The molecule has 0 aliphatic carbocycles. The molecule has 0 aliphatic rings. The van der Waals surface area contributed by atoms with Crippen molar-refractivity contribution in [2.75, 3.05) is 18.6 Å². The second kappa shape index (κ2) is 9.57. The Morgan fingerprint density at radius 1 is 1.06 bits per heavy atom. The number of hydrogen-bond donors (Lipinski definition) is 0. The number of fused-ring (bicyclic) bond motifs is 1. The molecule has 0 atom stereocenters. The summed E-state index contributed by atoms with van der Waals surface area (Å²) in [6.07, 6.45) is 1.98. The van der Waals surface area contributed by atoms with Crippen LogP contribution >= 0.6 is 11.3 Å². The highest BCUT2D eigenvalue weighted by Gasteiger charge is 2.22. The molecule has 2 heterocycles. The highest BCUT2D eigenvalue weighted by atomic mass is 32.1. The van der Waals surface area contributed by atoms with Crippen LogP contribution in [0.3, 0.4) is 0 Å². The van der Waals surface area contributed by atoms with Crippen molar-refractivity contribution in [2.24, 2.45) is 0 Å². The number of ether oxygens (including phenoxy) is 2. The fourth-order valence-electron chi connectivity index (χ4n) is 3.23. The van der Waals surface area contributed by atoms with Crippen molar-refractivity contribution in [1.29, 1.82) is 0 Å². The Balaban J connectivity index is 1.67. The molecule has 2 aromatic heterocycles. The van der Waals surface area contributed by atoms with Crippen molar-refractivity contribution >= 4 is 32.6 Å². The number of rotatable bonds is 8. The number of pyridine rings is 1. The second-order valence-corrected chi connectivity index (χ2v) is 7.87. The van der Waals surface area contributed by atoms with Crippen LogP contribution in [-0.2, 0) is 17.8 Å². The molecule has 0 saturated heterocycles. The molecule has 0 aliphatic heterocycles. The van der Waals surface area contributed by atoms with Gasteiger partial charge in [0.25, 0.3) is 0 Å². The number of carbonyl (C=O) groups excluding carboxylic acids is 1. The van der Waals surface area contributed by atoms with Crippen LogP contribution in [0.2, 0.25) is 0 Å². The van der Waals surface area contributed by atoms with Crippen molar-refractivity contribution in [1.82, 2.24) is 9.97 Å². The molecule has 31 heavy (non-hydrogen) atoms. The number of carbonyl (C=O) groups is 1. The van der Waals surface area contributed by atoms with Gasteiger partial charge in [-0.1, -0.05) is 35.6 Å². The summed E-state index contributed by atoms with van der Waals surface area (Å²) in [6.45, 7) is 2.84. The van der Waals surface area contributed by atoms with Gasteiger partial charge in [-0.05, 0) is 48.9 Å². The molecule has 4 rings (SSSR count). The molecule has 6 nitrogen and oxygen atoms in total. The number of aromatic nitrogens is 2. The van der Waals surface area contributed by atoms with Gasteiger partial charge in [-0.2, -0.15) is 0 Å². The van der Waals surface area contributed by atoms with Gasteiger partial charge in [0, 0.05) is 6.20 Å². The maximum Gasteiger partial charge on any atom is 0.233 e. The third-order valence-electron chi connectivity index (χ3n) is 4.76. The lowest BCUT2D eigenvalue weighted by Crippen LogP contribution is -2.32. The molecular formula is C24H23N3O3S. The van der Waals surface area contributed by atoms with Gasteiger partial charge < -0.3 is 9.47 Å². The Morgan fingerprint density at radius 3 is 2.61 bits per heavy atom. The van der Waals surface area contributed by atoms with Crippen molar-refractivity contribution in [3.63, 3.8) is 0 Å². The fourth-order valence-corrected chi connectivity index (χ4v) is 4.23. The van der Waals surface area contributed by atoms with E-state index in [-0.39, 0.29) is 12.3 Å². The van der Waals surface area contributed by atoms with E-state index >= 15 is 0 Å². The van der Waals surface area contributed by atoms with E-state index in [1.54, 1.807) is 18.2 Å². The smallest absolute Gasteiger partial charge is 0.233 e. The van der Waals surface area contributed by atoms with Gasteiger partial charge in [0.1, 0.15) is 17.0 Å². The van der Waals surface area contributed by atoms with E-state index in [0.29, 0.717) is 18.3 Å². The highest BCUT2D eigenvalue weighted by molar-refractivity contribution is 7.22. The molecule has 158 valence electrons. The molecule has 0 unspecified atom stereocenters. The van der Waals surface area contributed by atoms with Gasteiger partial charge in [-0.15, -0.1) is 0 Å². The molecule has 0 saturated carbocycles. The molecule has 7 heteroatoms. The predicted octanol–water partition coefficient (Wildman–Crippen LogP) is 4.87. The summed E-state index contributed by atoms with van der Waals surface area (Å²) in [5, 5.41) is 0.631. The summed E-state index contributed by atoms with van der Waals surface area (Å²) in [5.74, 6) is 1.44. The van der Waals surface area contributed by atoms with Gasteiger partial charge >= 0.3 is 0 Å². The van der Waals surface area contributed by atoms with Crippen molar-refractivity contribution < 1.29 is 14.3 Å². The standard InChI is InChI=1S/C24H23N3O3S/c1-3-30-20-8-6-9-21-23(20)26-24(31-21)27(16-18-7-4-5-14-25-18)22(28)15-17-10-12-19(29-2)13-11-17/h4-14H,3,15-16H2,1-2H3. The maximum atomic E-state index is 13.4. The minimum Gasteiger partial charge on any atom is -0.497 e. The summed E-state index contributed by atoms with van der Waals surface area (Å²) >= 11 is 1.48. The number of amides is 1. The minimum absolute atomic E-state index is 0.0483. The number of nitrogens with zero attached hydrogens (tertiary/aromatic N) is 3. The Labute approximate surface area is 185 Å². The maximum absolute atomic E-state index is 13.4. The third-order valence-corrected chi connectivity index (χ3v) is 5.81. The third kappa shape index (κ3) is 4.83. The molecule has 1 amide bonds. The highest BCUT2D eigenvalue weighted by Crippen LogP contribution is 2.35. The van der Waals surface area contributed by atoms with E-state index < -0.39 is 0 Å². The van der Waals surface area contributed by atoms with Crippen LogP contribution in [0.1, 0.15) is 18.2 Å². The zero-order valence-corrected chi connectivity index (χ0v) is 18.3. The van der Waals surface area contributed by atoms with Crippen LogP contribution in [-0.4, -0.2) is 29.6 Å². The number of thiazole rings is 1.